The molecule has 1 aromatic carbocycles. The number of nitrogens with zero attached hydrogens (tertiary/aromatic N) is 2. The number of aromatic nitrogens is 2. The van der Waals surface area contributed by atoms with Gasteiger partial charge in [-0.15, -0.1) is 0 Å². The van der Waals surface area contributed by atoms with Crippen LogP contribution in [0.5, 0.6) is 5.75 Å². The Kier molecular flexibility index (Phi) is 4.06. The van der Waals surface area contributed by atoms with Crippen molar-refractivity contribution in [1.82, 2.24) is 9.97 Å². The fraction of sp³-hybridized carbons (Fsp3) is 0.231. The molecule has 0 aliphatic rings. The molecule has 1 heterocycles. The van der Waals surface area contributed by atoms with E-state index in [1.807, 2.05) is 38.1 Å². The molecule has 0 radical (unpaired) electrons. The van der Waals surface area contributed by atoms with Crippen LogP contribution in [0.1, 0.15) is 13.8 Å². The van der Waals surface area contributed by atoms with Gasteiger partial charge in [-0.05, 0) is 26.0 Å². The molecule has 0 aliphatic carbocycles. The molecule has 6 heteroatoms. The minimum absolute atomic E-state index is 0.0826. The van der Waals surface area contributed by atoms with E-state index in [-0.39, 0.29) is 11.9 Å². The molecule has 1 aromatic heterocycles. The normalized spacial score (nSPS) is 10.5. The summed E-state index contributed by atoms with van der Waals surface area (Å²) in [6.07, 6.45) is 1.54. The molecule has 3 N–H and O–H groups in total. The number of hydrogen-bond donors (Lipinski definition) is 2. The second kappa shape index (κ2) is 5.75. The number of nitrogen functional groups attached to an aromatic ring is 1. The number of para-hydroxylation sites is 2. The summed E-state index contributed by atoms with van der Waals surface area (Å²) in [4.78, 5) is 8.12. The Morgan fingerprint density at radius 3 is 2.74 bits per heavy atom. The molecule has 2 rings (SSSR count). The molecule has 0 bridgehead atoms. The molecular weight excluding hydrogens is 264 g/mol. The molecular formula is C13H15ClN4O. The highest BCUT2D eigenvalue weighted by molar-refractivity contribution is 6.32. The van der Waals surface area contributed by atoms with Gasteiger partial charge in [-0.1, -0.05) is 23.7 Å². The molecule has 19 heavy (non-hydrogen) atoms. The van der Waals surface area contributed by atoms with E-state index in [4.69, 9.17) is 22.1 Å². The lowest BCUT2D eigenvalue weighted by atomic mass is 10.3. The quantitative estimate of drug-likeness (QED) is 0.898. The third kappa shape index (κ3) is 3.48. The summed E-state index contributed by atoms with van der Waals surface area (Å²) in [5, 5.41) is 3.39. The van der Waals surface area contributed by atoms with E-state index < -0.39 is 0 Å². The standard InChI is InChI=1S/C13H15ClN4O/c1-8(2)19-11-6-4-3-5-10(11)17-13-16-7-9(14)12(15)18-13/h3-8H,1-2H3,(H3,15,16,17,18). The van der Waals surface area contributed by atoms with Crippen molar-refractivity contribution in [2.75, 3.05) is 11.1 Å². The van der Waals surface area contributed by atoms with Crippen molar-refractivity contribution in [2.24, 2.45) is 0 Å². The minimum Gasteiger partial charge on any atom is -0.489 e. The maximum Gasteiger partial charge on any atom is 0.229 e. The van der Waals surface area contributed by atoms with Gasteiger partial charge in [0, 0.05) is 0 Å². The SMILES string of the molecule is CC(C)Oc1ccccc1Nc1ncc(Cl)c(N)n1. The summed E-state index contributed by atoms with van der Waals surface area (Å²) < 4.78 is 5.70. The first-order valence-electron chi connectivity index (χ1n) is 5.87. The monoisotopic (exact) mass is 278 g/mol. The number of benzene rings is 1. The van der Waals surface area contributed by atoms with Crippen molar-refractivity contribution < 1.29 is 4.74 Å². The Balaban J connectivity index is 2.25. The van der Waals surface area contributed by atoms with Gasteiger partial charge in [0.1, 0.15) is 16.6 Å². The van der Waals surface area contributed by atoms with Crippen LogP contribution in [0.4, 0.5) is 17.5 Å². The number of halogens is 1. The summed E-state index contributed by atoms with van der Waals surface area (Å²) >= 11 is 5.78. The van der Waals surface area contributed by atoms with Crippen LogP contribution >= 0.6 is 11.6 Å². The maximum atomic E-state index is 5.78. The van der Waals surface area contributed by atoms with Gasteiger partial charge in [0.15, 0.2) is 0 Å². The first kappa shape index (κ1) is 13.4. The molecule has 5 nitrogen and oxygen atoms in total. The predicted molar refractivity (Wildman–Crippen MR) is 76.9 cm³/mol. The van der Waals surface area contributed by atoms with E-state index >= 15 is 0 Å². The largest absolute Gasteiger partial charge is 0.489 e. The molecule has 0 fully saturated rings. The van der Waals surface area contributed by atoms with Crippen LogP contribution in [0, 0.1) is 0 Å². The van der Waals surface area contributed by atoms with Gasteiger partial charge in [-0.3, -0.25) is 0 Å². The Bertz CT molecular complexity index is 574. The van der Waals surface area contributed by atoms with Crippen molar-refractivity contribution in [1.29, 1.82) is 0 Å². The smallest absolute Gasteiger partial charge is 0.229 e. The van der Waals surface area contributed by atoms with E-state index in [2.05, 4.69) is 15.3 Å². The molecule has 0 saturated carbocycles. The molecule has 0 saturated heterocycles. The van der Waals surface area contributed by atoms with Crippen LogP contribution in [-0.2, 0) is 0 Å². The average Bonchev–Trinajstić information content (AvgIpc) is 2.36. The van der Waals surface area contributed by atoms with E-state index in [0.717, 1.165) is 11.4 Å². The zero-order chi connectivity index (χ0) is 13.8. The summed E-state index contributed by atoms with van der Waals surface area (Å²) in [6, 6.07) is 7.56. The van der Waals surface area contributed by atoms with Crippen molar-refractivity contribution in [3.8, 4) is 5.75 Å². The van der Waals surface area contributed by atoms with Crippen molar-refractivity contribution in [3.05, 3.63) is 35.5 Å². The zero-order valence-electron chi connectivity index (χ0n) is 10.7. The molecule has 0 unspecified atom stereocenters. The van der Waals surface area contributed by atoms with Gasteiger partial charge in [0.05, 0.1) is 18.0 Å². The number of ether oxygens (including phenoxy) is 1. The van der Waals surface area contributed by atoms with E-state index in [0.29, 0.717) is 11.0 Å². The number of rotatable bonds is 4. The van der Waals surface area contributed by atoms with E-state index in [1.54, 1.807) is 0 Å². The van der Waals surface area contributed by atoms with Crippen LogP contribution < -0.4 is 15.8 Å². The van der Waals surface area contributed by atoms with Crippen molar-refractivity contribution >= 4 is 29.1 Å². The second-order valence-corrected chi connectivity index (χ2v) is 4.62. The first-order valence-corrected chi connectivity index (χ1v) is 6.25. The van der Waals surface area contributed by atoms with Crippen LogP contribution in [-0.4, -0.2) is 16.1 Å². The molecule has 0 atom stereocenters. The molecule has 2 aromatic rings. The third-order valence-electron chi connectivity index (χ3n) is 2.27. The Hall–Kier alpha value is -2.01. The highest BCUT2D eigenvalue weighted by Gasteiger charge is 2.07. The third-order valence-corrected chi connectivity index (χ3v) is 2.56. The van der Waals surface area contributed by atoms with Crippen molar-refractivity contribution in [3.63, 3.8) is 0 Å². The predicted octanol–water partition coefficient (Wildman–Crippen LogP) is 3.24. The molecule has 0 spiro atoms. The molecule has 0 amide bonds. The topological polar surface area (TPSA) is 73.1 Å². The average molecular weight is 279 g/mol. The van der Waals surface area contributed by atoms with Gasteiger partial charge in [0.25, 0.3) is 0 Å². The number of hydrogen-bond acceptors (Lipinski definition) is 5. The lowest BCUT2D eigenvalue weighted by Gasteiger charge is -2.14. The van der Waals surface area contributed by atoms with Crippen LogP contribution in [0.25, 0.3) is 0 Å². The van der Waals surface area contributed by atoms with Gasteiger partial charge in [0.2, 0.25) is 5.95 Å². The van der Waals surface area contributed by atoms with Crippen LogP contribution in [0.2, 0.25) is 5.02 Å². The fourth-order valence-electron chi connectivity index (χ4n) is 1.49. The summed E-state index contributed by atoms with van der Waals surface area (Å²) in [5.74, 6) is 1.35. The lowest BCUT2D eigenvalue weighted by molar-refractivity contribution is 0.244. The summed E-state index contributed by atoms with van der Waals surface area (Å²) in [5.41, 5.74) is 6.41. The van der Waals surface area contributed by atoms with Gasteiger partial charge < -0.3 is 15.8 Å². The van der Waals surface area contributed by atoms with E-state index in [9.17, 15) is 0 Å². The lowest BCUT2D eigenvalue weighted by Crippen LogP contribution is -2.08. The van der Waals surface area contributed by atoms with Crippen LogP contribution in [0.3, 0.4) is 0 Å². The highest BCUT2D eigenvalue weighted by Crippen LogP contribution is 2.27. The number of nitrogens with two attached hydrogens (primary N) is 1. The van der Waals surface area contributed by atoms with Crippen molar-refractivity contribution in [2.45, 2.75) is 20.0 Å². The van der Waals surface area contributed by atoms with Gasteiger partial charge in [-0.25, -0.2) is 4.98 Å². The van der Waals surface area contributed by atoms with Crippen LogP contribution in [0.15, 0.2) is 30.5 Å². The Morgan fingerprint density at radius 1 is 1.32 bits per heavy atom. The minimum atomic E-state index is 0.0826. The number of nitrogens with one attached hydrogen (secondary N) is 1. The number of anilines is 3. The Labute approximate surface area is 116 Å². The maximum absolute atomic E-state index is 5.78. The van der Waals surface area contributed by atoms with Gasteiger partial charge in [-0.2, -0.15) is 4.98 Å². The van der Waals surface area contributed by atoms with E-state index in [1.165, 1.54) is 6.20 Å². The Morgan fingerprint density at radius 2 is 2.05 bits per heavy atom. The highest BCUT2D eigenvalue weighted by atomic mass is 35.5. The fourth-order valence-corrected chi connectivity index (χ4v) is 1.58. The first-order chi connectivity index (χ1) is 9.06. The zero-order valence-corrected chi connectivity index (χ0v) is 11.5. The summed E-state index contributed by atoms with van der Waals surface area (Å²) in [7, 11) is 0. The molecule has 100 valence electrons. The summed E-state index contributed by atoms with van der Waals surface area (Å²) in [6.45, 7) is 3.93. The van der Waals surface area contributed by atoms with Gasteiger partial charge >= 0.3 is 0 Å². The molecule has 0 aliphatic heterocycles. The second-order valence-electron chi connectivity index (χ2n) is 4.21.